The summed E-state index contributed by atoms with van der Waals surface area (Å²) >= 11 is 0. The Kier molecular flexibility index (Phi) is 6.99. The molecule has 1 amide bonds. The predicted octanol–water partition coefficient (Wildman–Crippen LogP) is 5.93. The number of aliphatic carboxylic acids is 1. The highest BCUT2D eigenvalue weighted by atomic mass is 19.1. The van der Waals surface area contributed by atoms with Crippen LogP contribution < -0.4 is 10.1 Å². The maximum absolute atomic E-state index is 13.1. The lowest BCUT2D eigenvalue weighted by molar-refractivity contribution is -0.139. The molecule has 1 aliphatic heterocycles. The molecule has 5 rings (SSSR count). The van der Waals surface area contributed by atoms with Crippen molar-refractivity contribution in [2.75, 3.05) is 13.3 Å². The van der Waals surface area contributed by atoms with E-state index in [2.05, 4.69) is 16.0 Å². The Labute approximate surface area is 210 Å². The van der Waals surface area contributed by atoms with E-state index in [0.29, 0.717) is 24.6 Å². The second-order valence-corrected chi connectivity index (χ2v) is 10.2. The molecule has 7 heteroatoms. The number of carbonyl (C=O) groups excluding carboxylic acids is 1. The molecular weight excluding hydrogens is 459 g/mol. The van der Waals surface area contributed by atoms with Crippen LogP contribution in [0.5, 0.6) is 5.75 Å². The van der Waals surface area contributed by atoms with E-state index in [9.17, 15) is 19.1 Å². The lowest BCUT2D eigenvalue weighted by Gasteiger charge is -2.23. The van der Waals surface area contributed by atoms with Gasteiger partial charge in [-0.3, -0.25) is 9.18 Å². The van der Waals surface area contributed by atoms with Gasteiger partial charge in [-0.25, -0.2) is 4.79 Å². The number of rotatable bonds is 7. The van der Waals surface area contributed by atoms with Gasteiger partial charge in [-0.1, -0.05) is 44.4 Å². The minimum Gasteiger partial charge on any atom is -0.491 e. The molecule has 2 heterocycles. The fourth-order valence-corrected chi connectivity index (χ4v) is 5.81. The van der Waals surface area contributed by atoms with E-state index in [0.717, 1.165) is 35.1 Å². The van der Waals surface area contributed by atoms with E-state index in [1.54, 1.807) is 13.0 Å². The molecule has 190 valence electrons. The number of hydrogen-bond donors (Lipinski definition) is 2. The molecular formula is C29H33FN2O4. The topological polar surface area (TPSA) is 80.6 Å². The number of fused-ring (bicyclic) bond motifs is 5. The summed E-state index contributed by atoms with van der Waals surface area (Å²) in [6.45, 7) is 2.19. The molecule has 2 N–H and O–H groups in total. The molecule has 2 unspecified atom stereocenters. The Morgan fingerprint density at radius 2 is 1.94 bits per heavy atom. The monoisotopic (exact) mass is 492 g/mol. The largest absolute Gasteiger partial charge is 0.491 e. The zero-order valence-electron chi connectivity index (χ0n) is 20.6. The van der Waals surface area contributed by atoms with Crippen molar-refractivity contribution in [3.63, 3.8) is 0 Å². The third-order valence-electron chi connectivity index (χ3n) is 7.60. The van der Waals surface area contributed by atoms with Gasteiger partial charge in [0.25, 0.3) is 5.91 Å². The van der Waals surface area contributed by atoms with Gasteiger partial charge in [-0.05, 0) is 60.9 Å². The lowest BCUT2D eigenvalue weighted by atomic mass is 9.81. The summed E-state index contributed by atoms with van der Waals surface area (Å²) in [6.07, 6.45) is 6.02. The van der Waals surface area contributed by atoms with E-state index in [1.165, 1.54) is 30.5 Å². The summed E-state index contributed by atoms with van der Waals surface area (Å²) in [5, 5.41) is 13.3. The highest BCUT2D eigenvalue weighted by molar-refractivity contribution is 6.02. The number of nitrogens with one attached hydrogen (secondary N) is 1. The highest BCUT2D eigenvalue weighted by Crippen LogP contribution is 2.47. The van der Waals surface area contributed by atoms with Crippen molar-refractivity contribution in [1.82, 2.24) is 9.88 Å². The van der Waals surface area contributed by atoms with Crippen LogP contribution in [-0.2, 0) is 11.3 Å². The van der Waals surface area contributed by atoms with Crippen molar-refractivity contribution in [2.45, 2.75) is 64.0 Å². The number of carbonyl (C=O) groups is 2. The van der Waals surface area contributed by atoms with Crippen LogP contribution in [0.25, 0.3) is 22.2 Å². The van der Waals surface area contributed by atoms with Crippen molar-refractivity contribution >= 4 is 22.8 Å². The van der Waals surface area contributed by atoms with Crippen LogP contribution in [0.1, 0.15) is 67.3 Å². The fraction of sp³-hybridized carbons (Fsp3) is 0.448. The van der Waals surface area contributed by atoms with Crippen LogP contribution in [0, 0.1) is 5.92 Å². The van der Waals surface area contributed by atoms with Crippen molar-refractivity contribution in [2.24, 2.45) is 5.92 Å². The molecule has 3 aromatic rings. The molecule has 1 fully saturated rings. The minimum atomic E-state index is -1.16. The maximum atomic E-state index is 13.1. The number of halogens is 1. The molecule has 2 aliphatic rings. The van der Waals surface area contributed by atoms with E-state index in [-0.39, 0.29) is 6.42 Å². The van der Waals surface area contributed by atoms with Crippen LogP contribution in [0.4, 0.5) is 4.39 Å². The zero-order chi connectivity index (χ0) is 25.2. The molecule has 36 heavy (non-hydrogen) atoms. The molecule has 1 saturated carbocycles. The molecule has 6 nitrogen and oxygen atoms in total. The molecule has 0 radical (unpaired) electrons. The lowest BCUT2D eigenvalue weighted by Crippen LogP contribution is -2.42. The summed E-state index contributed by atoms with van der Waals surface area (Å²) in [5.41, 5.74) is 4.93. The summed E-state index contributed by atoms with van der Waals surface area (Å²) in [5.74, 6) is -0.749. The number of carboxylic acid groups (broad SMARTS) is 1. The molecule has 2 aromatic carbocycles. The molecule has 0 saturated heterocycles. The quantitative estimate of drug-likeness (QED) is 0.429. The molecule has 1 aromatic heterocycles. The average molecular weight is 493 g/mol. The Hall–Kier alpha value is -3.35. The Balaban J connectivity index is 1.59. The van der Waals surface area contributed by atoms with Crippen LogP contribution in [-0.4, -0.2) is 40.9 Å². The normalized spacial score (nSPS) is 17.4. The second-order valence-electron chi connectivity index (χ2n) is 10.2. The number of hydrogen-bond acceptors (Lipinski definition) is 3. The predicted molar refractivity (Wildman–Crippen MR) is 137 cm³/mol. The van der Waals surface area contributed by atoms with E-state index >= 15 is 0 Å². The second kappa shape index (κ2) is 10.3. The van der Waals surface area contributed by atoms with Gasteiger partial charge in [0.15, 0.2) is 0 Å². The highest BCUT2D eigenvalue weighted by Gasteiger charge is 2.30. The smallest absolute Gasteiger partial charge is 0.326 e. The van der Waals surface area contributed by atoms with Crippen LogP contribution in [0.2, 0.25) is 0 Å². The summed E-state index contributed by atoms with van der Waals surface area (Å²) in [4.78, 5) is 24.8. The molecule has 0 spiro atoms. The first-order valence-electron chi connectivity index (χ1n) is 13.0. The third kappa shape index (κ3) is 4.59. The average Bonchev–Trinajstić information content (AvgIpc) is 3.09. The number of alkyl halides is 1. The number of benzene rings is 2. The van der Waals surface area contributed by atoms with Crippen LogP contribution >= 0.6 is 0 Å². The first-order valence-corrected chi connectivity index (χ1v) is 13.0. The van der Waals surface area contributed by atoms with Crippen molar-refractivity contribution in [1.29, 1.82) is 0 Å². The zero-order valence-corrected chi connectivity index (χ0v) is 20.6. The Morgan fingerprint density at radius 3 is 2.69 bits per heavy atom. The van der Waals surface area contributed by atoms with Crippen molar-refractivity contribution in [3.05, 3.63) is 53.6 Å². The van der Waals surface area contributed by atoms with Gasteiger partial charge in [0.2, 0.25) is 0 Å². The first-order chi connectivity index (χ1) is 17.5. The maximum Gasteiger partial charge on any atom is 0.326 e. The van der Waals surface area contributed by atoms with Crippen LogP contribution in [0.3, 0.4) is 0 Å². The van der Waals surface area contributed by atoms with Gasteiger partial charge in [0, 0.05) is 22.0 Å². The van der Waals surface area contributed by atoms with E-state index in [1.807, 2.05) is 30.3 Å². The van der Waals surface area contributed by atoms with Gasteiger partial charge < -0.3 is 19.7 Å². The van der Waals surface area contributed by atoms with Crippen molar-refractivity contribution in [3.8, 4) is 17.0 Å². The molecule has 2 atom stereocenters. The number of nitrogens with zero attached hydrogens (tertiary/aromatic N) is 1. The first kappa shape index (κ1) is 24.3. The number of ether oxygens (including phenoxy) is 1. The van der Waals surface area contributed by atoms with Gasteiger partial charge in [-0.2, -0.15) is 0 Å². The van der Waals surface area contributed by atoms with Crippen molar-refractivity contribution < 1.29 is 23.8 Å². The molecule has 0 bridgehead atoms. The Bertz CT molecular complexity index is 1280. The van der Waals surface area contributed by atoms with Gasteiger partial charge in [0.1, 0.15) is 18.4 Å². The standard InChI is InChI=1S/C29H33FN2O4/c1-18(17-30)15-23(29(34)35)31-28(33)20-11-12-21-24(16-20)32-13-14-36-25-10-6-5-9-22(25)27(32)26(21)19-7-3-2-4-8-19/h5-6,9-12,16,18-19,23H,2-4,7-8,13-15,17H2,1H3,(H,31,33)(H,34,35). The third-order valence-corrected chi connectivity index (χ3v) is 7.60. The minimum absolute atomic E-state index is 0.0420. The molecule has 1 aliphatic carbocycles. The van der Waals surface area contributed by atoms with Gasteiger partial charge >= 0.3 is 5.97 Å². The number of carboxylic acids is 1. The van der Waals surface area contributed by atoms with Gasteiger partial charge in [-0.15, -0.1) is 0 Å². The summed E-state index contributed by atoms with van der Waals surface area (Å²) in [7, 11) is 0. The number of para-hydroxylation sites is 1. The summed E-state index contributed by atoms with van der Waals surface area (Å²) in [6, 6.07) is 12.7. The van der Waals surface area contributed by atoms with Crippen LogP contribution in [0.15, 0.2) is 42.5 Å². The number of amides is 1. The summed E-state index contributed by atoms with van der Waals surface area (Å²) < 4.78 is 21.3. The fourth-order valence-electron chi connectivity index (χ4n) is 5.81. The van der Waals surface area contributed by atoms with E-state index < -0.39 is 30.5 Å². The Morgan fingerprint density at radius 1 is 1.17 bits per heavy atom. The van der Waals surface area contributed by atoms with E-state index in [4.69, 9.17) is 4.74 Å². The van der Waals surface area contributed by atoms with Gasteiger partial charge in [0.05, 0.1) is 18.9 Å². The number of aromatic nitrogens is 1. The SMILES string of the molecule is CC(CF)CC(NC(=O)c1ccc2c(C3CCCCC3)c3n(c2c1)CCOc1ccccc1-3)C(=O)O.